The van der Waals surface area contributed by atoms with Crippen molar-refractivity contribution in [2.24, 2.45) is 0 Å². The van der Waals surface area contributed by atoms with Crippen LogP contribution in [-0.2, 0) is 16.0 Å². The molecule has 6 heteroatoms. The Morgan fingerprint density at radius 3 is 3.00 bits per heavy atom. The molecule has 0 bridgehead atoms. The Labute approximate surface area is 133 Å². The second-order valence-electron chi connectivity index (χ2n) is 4.75. The first-order chi connectivity index (χ1) is 10.7. The highest BCUT2D eigenvalue weighted by Gasteiger charge is 2.09. The van der Waals surface area contributed by atoms with Gasteiger partial charge in [-0.2, -0.15) is 0 Å². The van der Waals surface area contributed by atoms with E-state index in [4.69, 9.17) is 4.74 Å². The number of carbonyl (C=O) groups is 1. The summed E-state index contributed by atoms with van der Waals surface area (Å²) in [5.41, 5.74) is 0.626. The molecule has 0 atom stereocenters. The molecular weight excluding hydrogens is 303 g/mol. The summed E-state index contributed by atoms with van der Waals surface area (Å²) in [5, 5.41) is 3.31. The second-order valence-corrected chi connectivity index (χ2v) is 5.86. The van der Waals surface area contributed by atoms with Gasteiger partial charge in [0.2, 0.25) is 5.91 Å². The lowest BCUT2D eigenvalue weighted by Gasteiger charge is -2.02. The van der Waals surface area contributed by atoms with Crippen LogP contribution < -0.4 is 5.32 Å². The van der Waals surface area contributed by atoms with Crippen LogP contribution in [0.3, 0.4) is 0 Å². The highest BCUT2D eigenvalue weighted by atomic mass is 32.1. The van der Waals surface area contributed by atoms with Crippen LogP contribution in [0, 0.1) is 5.82 Å². The molecule has 1 amide bonds. The zero-order valence-corrected chi connectivity index (χ0v) is 13.3. The first kappa shape index (κ1) is 16.6. The first-order valence-electron chi connectivity index (χ1n) is 7.24. The van der Waals surface area contributed by atoms with E-state index in [9.17, 15) is 9.18 Å². The van der Waals surface area contributed by atoms with E-state index in [1.54, 1.807) is 24.4 Å². The molecule has 1 aromatic carbocycles. The molecule has 0 aliphatic rings. The lowest BCUT2D eigenvalue weighted by Crippen LogP contribution is -2.11. The molecule has 4 nitrogen and oxygen atoms in total. The molecule has 1 aromatic heterocycles. The van der Waals surface area contributed by atoms with Crippen LogP contribution in [0.15, 0.2) is 30.5 Å². The van der Waals surface area contributed by atoms with E-state index >= 15 is 0 Å². The van der Waals surface area contributed by atoms with Crippen LogP contribution in [0.1, 0.15) is 30.2 Å². The highest BCUT2D eigenvalue weighted by molar-refractivity contribution is 7.15. The summed E-state index contributed by atoms with van der Waals surface area (Å²) in [5.74, 6) is -0.302. The molecule has 0 radical (unpaired) electrons. The molecule has 1 N–H and O–H groups in total. The fourth-order valence-corrected chi connectivity index (χ4v) is 2.79. The maximum absolute atomic E-state index is 13.6. The zero-order chi connectivity index (χ0) is 15.8. The summed E-state index contributed by atoms with van der Waals surface area (Å²) < 4.78 is 18.8. The summed E-state index contributed by atoms with van der Waals surface area (Å²) in [6.45, 7) is 3.17. The van der Waals surface area contributed by atoms with Gasteiger partial charge in [-0.15, -0.1) is 11.3 Å². The molecule has 118 valence electrons. The molecule has 0 saturated heterocycles. The molecule has 0 saturated carbocycles. The van der Waals surface area contributed by atoms with Crippen molar-refractivity contribution in [2.45, 2.75) is 26.2 Å². The quantitative estimate of drug-likeness (QED) is 0.755. The van der Waals surface area contributed by atoms with Crippen molar-refractivity contribution in [1.82, 2.24) is 4.98 Å². The summed E-state index contributed by atoms with van der Waals surface area (Å²) in [6.07, 6.45) is 3.24. The Morgan fingerprint density at radius 1 is 1.41 bits per heavy atom. The number of amides is 1. The van der Waals surface area contributed by atoms with Crippen LogP contribution in [0.2, 0.25) is 0 Å². The van der Waals surface area contributed by atoms with Crippen molar-refractivity contribution in [3.8, 4) is 0 Å². The van der Waals surface area contributed by atoms with E-state index in [-0.39, 0.29) is 11.7 Å². The molecule has 0 spiro atoms. The van der Waals surface area contributed by atoms with Gasteiger partial charge in [0, 0.05) is 37.1 Å². The van der Waals surface area contributed by atoms with Crippen LogP contribution in [0.4, 0.5) is 9.52 Å². The zero-order valence-electron chi connectivity index (χ0n) is 12.5. The average Bonchev–Trinajstić information content (AvgIpc) is 2.93. The van der Waals surface area contributed by atoms with E-state index in [1.165, 1.54) is 17.4 Å². The molecule has 0 aliphatic heterocycles. The van der Waals surface area contributed by atoms with E-state index in [0.717, 1.165) is 4.88 Å². The Hall–Kier alpha value is -1.79. The summed E-state index contributed by atoms with van der Waals surface area (Å²) >= 11 is 1.37. The minimum Gasteiger partial charge on any atom is -0.382 e. The Morgan fingerprint density at radius 2 is 2.23 bits per heavy atom. The molecule has 2 aromatic rings. The number of hydrogen-bond donors (Lipinski definition) is 1. The third-order valence-corrected chi connectivity index (χ3v) is 3.93. The molecule has 1 heterocycles. The number of ether oxygens (including phenoxy) is 1. The monoisotopic (exact) mass is 322 g/mol. The number of aromatic nitrogens is 1. The van der Waals surface area contributed by atoms with Gasteiger partial charge < -0.3 is 10.1 Å². The summed E-state index contributed by atoms with van der Waals surface area (Å²) in [7, 11) is 0. The Bertz CT molecular complexity index is 616. The van der Waals surface area contributed by atoms with Gasteiger partial charge in [0.25, 0.3) is 0 Å². The fraction of sp³-hybridized carbons (Fsp3) is 0.375. The van der Waals surface area contributed by atoms with Gasteiger partial charge in [-0.1, -0.05) is 18.2 Å². The average molecular weight is 322 g/mol. The lowest BCUT2D eigenvalue weighted by molar-refractivity contribution is -0.116. The largest absolute Gasteiger partial charge is 0.382 e. The standard InChI is InChI=1S/C16H19FN2O2S/c1-2-21-9-5-8-15(20)19-16-18-11-13(22-16)10-12-6-3-4-7-14(12)17/h3-4,6-7,11H,2,5,8-10H2,1H3,(H,18,19,20). The third kappa shape index (κ3) is 5.20. The van der Waals surface area contributed by atoms with Crippen LogP contribution >= 0.6 is 11.3 Å². The minimum atomic E-state index is -0.225. The van der Waals surface area contributed by atoms with Crippen molar-refractivity contribution in [3.63, 3.8) is 0 Å². The van der Waals surface area contributed by atoms with Gasteiger partial charge in [0.15, 0.2) is 5.13 Å². The Kier molecular flexibility index (Phi) is 6.48. The maximum Gasteiger partial charge on any atom is 0.226 e. The Balaban J connectivity index is 1.84. The maximum atomic E-state index is 13.6. The molecule has 0 fully saturated rings. The summed E-state index contributed by atoms with van der Waals surface area (Å²) in [6, 6.07) is 6.67. The molecule has 22 heavy (non-hydrogen) atoms. The third-order valence-electron chi connectivity index (χ3n) is 3.02. The number of halogens is 1. The number of benzene rings is 1. The van der Waals surface area contributed by atoms with Gasteiger partial charge in [0.05, 0.1) is 0 Å². The van der Waals surface area contributed by atoms with Gasteiger partial charge in [-0.3, -0.25) is 4.79 Å². The molecule has 0 unspecified atom stereocenters. The first-order valence-corrected chi connectivity index (χ1v) is 8.06. The SMILES string of the molecule is CCOCCCC(=O)Nc1ncc(Cc2ccccc2F)s1. The predicted molar refractivity (Wildman–Crippen MR) is 85.7 cm³/mol. The lowest BCUT2D eigenvalue weighted by atomic mass is 10.1. The van der Waals surface area contributed by atoms with Crippen LogP contribution in [0.25, 0.3) is 0 Å². The van der Waals surface area contributed by atoms with Crippen molar-refractivity contribution < 1.29 is 13.9 Å². The van der Waals surface area contributed by atoms with Gasteiger partial charge in [-0.25, -0.2) is 9.37 Å². The smallest absolute Gasteiger partial charge is 0.226 e. The highest BCUT2D eigenvalue weighted by Crippen LogP contribution is 2.22. The van der Waals surface area contributed by atoms with E-state index < -0.39 is 0 Å². The normalized spacial score (nSPS) is 10.6. The number of rotatable bonds is 8. The van der Waals surface area contributed by atoms with E-state index in [2.05, 4.69) is 10.3 Å². The number of hydrogen-bond acceptors (Lipinski definition) is 4. The fourth-order valence-electron chi connectivity index (χ4n) is 1.94. The number of anilines is 1. The molecule has 0 aliphatic carbocycles. The van der Waals surface area contributed by atoms with Crippen molar-refractivity contribution in [3.05, 3.63) is 46.7 Å². The minimum absolute atomic E-state index is 0.0773. The van der Waals surface area contributed by atoms with Crippen LogP contribution in [0.5, 0.6) is 0 Å². The van der Waals surface area contributed by atoms with E-state index in [1.807, 2.05) is 6.92 Å². The number of nitrogens with one attached hydrogen (secondary N) is 1. The number of carbonyl (C=O) groups excluding carboxylic acids is 1. The number of thiazole rings is 1. The van der Waals surface area contributed by atoms with Crippen molar-refractivity contribution in [1.29, 1.82) is 0 Å². The molecular formula is C16H19FN2O2S. The second kappa shape index (κ2) is 8.60. The molecule has 2 rings (SSSR count). The van der Waals surface area contributed by atoms with E-state index in [0.29, 0.717) is 43.2 Å². The van der Waals surface area contributed by atoms with Crippen LogP contribution in [-0.4, -0.2) is 24.1 Å². The van der Waals surface area contributed by atoms with Gasteiger partial charge in [0.1, 0.15) is 5.82 Å². The topological polar surface area (TPSA) is 51.2 Å². The van der Waals surface area contributed by atoms with Gasteiger partial charge >= 0.3 is 0 Å². The summed E-state index contributed by atoms with van der Waals surface area (Å²) in [4.78, 5) is 16.8. The predicted octanol–water partition coefficient (Wildman–Crippen LogP) is 3.63. The van der Waals surface area contributed by atoms with Crippen molar-refractivity contribution in [2.75, 3.05) is 18.5 Å². The van der Waals surface area contributed by atoms with Crippen molar-refractivity contribution >= 4 is 22.4 Å². The number of nitrogens with zero attached hydrogens (tertiary/aromatic N) is 1. The van der Waals surface area contributed by atoms with Gasteiger partial charge in [-0.05, 0) is 25.0 Å².